The van der Waals surface area contributed by atoms with Crippen molar-refractivity contribution in [2.24, 2.45) is 0 Å². The Morgan fingerprint density at radius 2 is 1.25 bits per heavy atom. The third kappa shape index (κ3) is 9.45. The predicted molar refractivity (Wildman–Crippen MR) is 25.7 cm³/mol. The summed E-state index contributed by atoms with van der Waals surface area (Å²) in [4.78, 5) is 0. The number of rotatable bonds is 0. The van der Waals surface area contributed by atoms with E-state index in [1.807, 2.05) is 0 Å². The minimum atomic E-state index is 0. The molecule has 0 amide bonds. The second kappa shape index (κ2) is 22.9. The van der Waals surface area contributed by atoms with Crippen molar-refractivity contribution in [2.45, 2.75) is 6.55 Å². The van der Waals surface area contributed by atoms with Crippen molar-refractivity contribution in [3.05, 3.63) is 0 Å². The molecule has 0 nitrogen and oxygen atoms in total. The Balaban J connectivity index is -0.00000000500. The van der Waals surface area contributed by atoms with Gasteiger partial charge in [-0.2, -0.15) is 0 Å². The number of hydrogen-bond acceptors (Lipinski definition) is 0. The molecule has 0 unspecified atom stereocenters. The summed E-state index contributed by atoms with van der Waals surface area (Å²) in [5, 5.41) is 0. The second-order valence-electron chi connectivity index (χ2n) is 0. The van der Waals surface area contributed by atoms with E-state index in [-0.39, 0.29) is 43.6 Å². The molecule has 0 rings (SSSR count). The van der Waals surface area contributed by atoms with E-state index in [2.05, 4.69) is 6.55 Å². The first-order chi connectivity index (χ1) is 1.00. The van der Waals surface area contributed by atoms with Gasteiger partial charge in [-0.15, -0.1) is 0 Å². The van der Waals surface area contributed by atoms with Crippen LogP contribution >= 0.6 is 0 Å². The summed E-state index contributed by atoms with van der Waals surface area (Å²) in [5.74, 6) is 0. The first-order valence-electron chi connectivity index (χ1n) is 1.00. The zero-order valence-electron chi connectivity index (χ0n) is 2.50. The van der Waals surface area contributed by atoms with Crippen LogP contribution in [0.4, 0.5) is 0 Å². The maximum Gasteiger partial charge on any atom is 0.187 e. The summed E-state index contributed by atoms with van der Waals surface area (Å²) in [6.45, 7) is 2.14. The Bertz CT molecular complexity index is 8.00. The first-order valence-corrected chi connectivity index (χ1v) is 3.00. The molecule has 0 fully saturated rings. The van der Waals surface area contributed by atoms with E-state index in [1.54, 1.807) is 0 Å². The molecular weight excluding hydrogens is 158 g/mol. The van der Waals surface area contributed by atoms with Gasteiger partial charge in [0, 0.05) is 26.2 Å². The van der Waals surface area contributed by atoms with Crippen LogP contribution in [0.1, 0.15) is 0 Å². The SMILES string of the molecule is C[SiH3].[AlH3].[Zr]. The molecule has 0 aliphatic heterocycles. The third-order valence-corrected chi connectivity index (χ3v) is 0. The van der Waals surface area contributed by atoms with E-state index in [1.165, 1.54) is 10.2 Å². The molecule has 0 aromatic carbocycles. The molecule has 0 heterocycles. The third-order valence-electron chi connectivity index (χ3n) is 0. The fraction of sp³-hybridized carbons (Fsp3) is 1.00. The van der Waals surface area contributed by atoms with Crippen LogP contribution in [0.3, 0.4) is 0 Å². The van der Waals surface area contributed by atoms with Gasteiger partial charge in [0.15, 0.2) is 17.4 Å². The van der Waals surface area contributed by atoms with Crippen LogP contribution in [0.2, 0.25) is 6.55 Å². The number of hydrogen-bond donors (Lipinski definition) is 0. The molecule has 0 aliphatic rings. The molecule has 0 saturated heterocycles. The van der Waals surface area contributed by atoms with Gasteiger partial charge in [0.2, 0.25) is 0 Å². The van der Waals surface area contributed by atoms with Gasteiger partial charge in [-0.3, -0.25) is 0 Å². The van der Waals surface area contributed by atoms with Gasteiger partial charge >= 0.3 is 0 Å². The summed E-state index contributed by atoms with van der Waals surface area (Å²) in [7, 11) is 1.31. The van der Waals surface area contributed by atoms with E-state index in [0.717, 1.165) is 0 Å². The molecule has 0 spiro atoms. The Morgan fingerprint density at radius 1 is 1.25 bits per heavy atom. The van der Waals surface area contributed by atoms with Crippen LogP contribution in [-0.4, -0.2) is 27.6 Å². The molecule has 4 heavy (non-hydrogen) atoms. The maximum absolute atomic E-state index is 2.14. The van der Waals surface area contributed by atoms with Crippen molar-refractivity contribution >= 4 is 27.6 Å². The summed E-state index contributed by atoms with van der Waals surface area (Å²) < 4.78 is 0. The Morgan fingerprint density at radius 3 is 1.25 bits per heavy atom. The largest absolute Gasteiger partial charge is 0.187 e. The molecule has 0 bridgehead atoms. The Hall–Kier alpha value is 1.63. The monoisotopic (exact) mass is 166 g/mol. The molecule has 0 saturated carbocycles. The normalized spacial score (nSPS) is 2.25. The van der Waals surface area contributed by atoms with E-state index in [4.69, 9.17) is 0 Å². The maximum atomic E-state index is 2.14. The molecule has 0 aromatic rings. The van der Waals surface area contributed by atoms with Gasteiger partial charge < -0.3 is 0 Å². The summed E-state index contributed by atoms with van der Waals surface area (Å²) >= 11 is 0. The predicted octanol–water partition coefficient (Wildman–Crippen LogP) is -1.79. The van der Waals surface area contributed by atoms with Crippen molar-refractivity contribution in [3.63, 3.8) is 0 Å². The molecule has 0 radical (unpaired) electrons. The standard InChI is InChI=1S/CH6Si.Al.Zr.3H/c1-2;;;;;/h1-2H3;;;;;. The van der Waals surface area contributed by atoms with Crippen LogP contribution in [0, 0.1) is 0 Å². The Kier molecular flexibility index (Phi) is 100. The summed E-state index contributed by atoms with van der Waals surface area (Å²) in [5.41, 5.74) is 0. The summed E-state index contributed by atoms with van der Waals surface area (Å²) in [6, 6.07) is 0. The van der Waals surface area contributed by atoms with Crippen LogP contribution in [0.5, 0.6) is 0 Å². The van der Waals surface area contributed by atoms with E-state index in [9.17, 15) is 0 Å². The molecule has 0 aromatic heterocycles. The smallest absolute Gasteiger partial charge is 0.0777 e. The summed E-state index contributed by atoms with van der Waals surface area (Å²) in [6.07, 6.45) is 0. The van der Waals surface area contributed by atoms with Gasteiger partial charge in [-0.05, 0) is 10.2 Å². The van der Waals surface area contributed by atoms with Crippen molar-refractivity contribution in [2.75, 3.05) is 0 Å². The van der Waals surface area contributed by atoms with E-state index in [0.29, 0.717) is 0 Å². The van der Waals surface area contributed by atoms with E-state index < -0.39 is 0 Å². The van der Waals surface area contributed by atoms with Crippen molar-refractivity contribution < 1.29 is 26.2 Å². The quantitative estimate of drug-likeness (QED) is 0.374. The zero-order chi connectivity index (χ0) is 2.00. The minimum absolute atomic E-state index is 0. The van der Waals surface area contributed by atoms with Gasteiger partial charge in [0.1, 0.15) is 0 Å². The average Bonchev–Trinajstić information content (AvgIpc) is 1.00. The molecule has 3 heteroatoms. The fourth-order valence-corrected chi connectivity index (χ4v) is 0. The van der Waals surface area contributed by atoms with Gasteiger partial charge in [0.05, 0.1) is 0 Å². The van der Waals surface area contributed by atoms with Crippen LogP contribution < -0.4 is 0 Å². The molecule has 0 aliphatic carbocycles. The second-order valence-corrected chi connectivity index (χ2v) is 0. The van der Waals surface area contributed by atoms with Crippen molar-refractivity contribution in [1.82, 2.24) is 0 Å². The first kappa shape index (κ1) is 17.4. The van der Waals surface area contributed by atoms with Crippen molar-refractivity contribution in [3.8, 4) is 0 Å². The van der Waals surface area contributed by atoms with Gasteiger partial charge in [0.25, 0.3) is 0 Å². The topological polar surface area (TPSA) is 0 Å². The van der Waals surface area contributed by atoms with Crippen LogP contribution in [0.15, 0.2) is 0 Å². The Labute approximate surface area is 60.0 Å². The van der Waals surface area contributed by atoms with Crippen molar-refractivity contribution in [1.29, 1.82) is 0 Å². The molecular formula is CH9AlSiZr. The fourth-order valence-electron chi connectivity index (χ4n) is 0. The van der Waals surface area contributed by atoms with Gasteiger partial charge in [-0.25, -0.2) is 0 Å². The van der Waals surface area contributed by atoms with Crippen LogP contribution in [-0.2, 0) is 26.2 Å². The van der Waals surface area contributed by atoms with E-state index >= 15 is 0 Å². The average molecular weight is 167 g/mol. The van der Waals surface area contributed by atoms with Gasteiger partial charge in [-0.1, -0.05) is 6.55 Å². The molecule has 24 valence electrons. The van der Waals surface area contributed by atoms with Crippen LogP contribution in [0.25, 0.3) is 0 Å². The zero-order valence-corrected chi connectivity index (χ0v) is 6.96. The molecule has 0 N–H and O–H groups in total. The molecule has 0 atom stereocenters. The minimum Gasteiger partial charge on any atom is -0.0777 e.